The number of aryl methyl sites for hydroxylation is 1. The zero-order valence-electron chi connectivity index (χ0n) is 15.7. The van der Waals surface area contributed by atoms with Crippen molar-refractivity contribution >= 4 is 34.4 Å². The number of nitrogens with one attached hydrogen (secondary N) is 3. The van der Waals surface area contributed by atoms with Gasteiger partial charge in [-0.15, -0.1) is 0 Å². The minimum absolute atomic E-state index is 0.143. The highest BCUT2D eigenvalue weighted by Crippen LogP contribution is 2.22. The summed E-state index contributed by atoms with van der Waals surface area (Å²) in [5, 5.41) is 6.33. The zero-order valence-corrected chi connectivity index (χ0v) is 15.7. The molecule has 0 aliphatic heterocycles. The molecule has 0 aliphatic carbocycles. The van der Waals surface area contributed by atoms with Crippen LogP contribution in [-0.4, -0.2) is 36.4 Å². The summed E-state index contributed by atoms with van der Waals surface area (Å²) in [7, 11) is 1.25. The third kappa shape index (κ3) is 4.37. The summed E-state index contributed by atoms with van der Waals surface area (Å²) in [6.45, 7) is 1.75. The number of amides is 2. The molecule has 0 fully saturated rings. The fourth-order valence-corrected chi connectivity index (χ4v) is 2.96. The Morgan fingerprint density at radius 2 is 1.75 bits per heavy atom. The standard InChI is InChI=1S/C21H21N3O4/c1-13-17(16-5-3-4-6-18(16)23-13)11-19(25)24-15-9-7-14(8-10-15)21(27)22-12-20(26)28-2/h3-10,23H,11-12H2,1-2H3,(H,22,27)(H,24,25). The summed E-state index contributed by atoms with van der Waals surface area (Å²) in [4.78, 5) is 38.8. The summed E-state index contributed by atoms with van der Waals surface area (Å²) in [5.74, 6) is -1.06. The van der Waals surface area contributed by atoms with Crippen LogP contribution >= 0.6 is 0 Å². The van der Waals surface area contributed by atoms with E-state index < -0.39 is 11.9 Å². The second-order valence-electron chi connectivity index (χ2n) is 6.34. The fraction of sp³-hybridized carbons (Fsp3) is 0.190. The molecular weight excluding hydrogens is 358 g/mol. The molecule has 0 bridgehead atoms. The molecule has 28 heavy (non-hydrogen) atoms. The smallest absolute Gasteiger partial charge is 0.325 e. The van der Waals surface area contributed by atoms with Gasteiger partial charge in [-0.05, 0) is 42.8 Å². The number of methoxy groups -OCH3 is 1. The van der Waals surface area contributed by atoms with Gasteiger partial charge in [-0.1, -0.05) is 18.2 Å². The monoisotopic (exact) mass is 379 g/mol. The topological polar surface area (TPSA) is 100 Å². The van der Waals surface area contributed by atoms with E-state index >= 15 is 0 Å². The molecule has 3 aromatic rings. The van der Waals surface area contributed by atoms with Gasteiger partial charge < -0.3 is 20.4 Å². The van der Waals surface area contributed by atoms with Gasteiger partial charge in [0, 0.05) is 27.8 Å². The molecule has 7 heteroatoms. The molecule has 0 saturated heterocycles. The maximum Gasteiger partial charge on any atom is 0.325 e. The number of rotatable bonds is 6. The average molecular weight is 379 g/mol. The number of carbonyl (C=O) groups is 3. The molecule has 0 radical (unpaired) electrons. The van der Waals surface area contributed by atoms with Crippen LogP contribution in [0.4, 0.5) is 5.69 Å². The highest BCUT2D eigenvalue weighted by Gasteiger charge is 2.13. The number of esters is 1. The first kappa shape index (κ1) is 19.2. The number of aromatic nitrogens is 1. The van der Waals surface area contributed by atoms with Gasteiger partial charge in [-0.25, -0.2) is 0 Å². The molecule has 3 rings (SSSR count). The molecule has 1 heterocycles. The van der Waals surface area contributed by atoms with E-state index in [-0.39, 0.29) is 18.9 Å². The Morgan fingerprint density at radius 1 is 1.04 bits per heavy atom. The quantitative estimate of drug-likeness (QED) is 0.573. The minimum atomic E-state index is -0.523. The maximum absolute atomic E-state index is 12.4. The number of para-hydroxylation sites is 1. The Morgan fingerprint density at radius 3 is 2.46 bits per heavy atom. The van der Waals surface area contributed by atoms with E-state index in [0.717, 1.165) is 22.2 Å². The molecule has 7 nitrogen and oxygen atoms in total. The minimum Gasteiger partial charge on any atom is -0.468 e. The van der Waals surface area contributed by atoms with Crippen molar-refractivity contribution in [1.82, 2.24) is 10.3 Å². The van der Waals surface area contributed by atoms with Crippen molar-refractivity contribution in [3.63, 3.8) is 0 Å². The largest absolute Gasteiger partial charge is 0.468 e. The number of anilines is 1. The SMILES string of the molecule is COC(=O)CNC(=O)c1ccc(NC(=O)Cc2c(C)[nH]c3ccccc23)cc1. The molecule has 144 valence electrons. The first-order valence-corrected chi connectivity index (χ1v) is 8.79. The number of H-pyrrole nitrogens is 1. The maximum atomic E-state index is 12.4. The van der Waals surface area contributed by atoms with Crippen molar-refractivity contribution in [2.45, 2.75) is 13.3 Å². The Bertz CT molecular complexity index is 1020. The predicted molar refractivity (Wildman–Crippen MR) is 106 cm³/mol. The summed E-state index contributed by atoms with van der Waals surface area (Å²) in [6.07, 6.45) is 0.247. The molecule has 2 aromatic carbocycles. The third-order valence-electron chi connectivity index (χ3n) is 4.42. The van der Waals surface area contributed by atoms with Crippen LogP contribution in [0.25, 0.3) is 10.9 Å². The van der Waals surface area contributed by atoms with Crippen molar-refractivity contribution in [2.75, 3.05) is 19.0 Å². The lowest BCUT2D eigenvalue weighted by molar-refractivity contribution is -0.139. The van der Waals surface area contributed by atoms with Crippen molar-refractivity contribution < 1.29 is 19.1 Å². The first-order chi connectivity index (χ1) is 13.5. The number of benzene rings is 2. The van der Waals surface area contributed by atoms with Crippen LogP contribution in [0.1, 0.15) is 21.6 Å². The fourth-order valence-electron chi connectivity index (χ4n) is 2.96. The number of ether oxygens (including phenoxy) is 1. The molecule has 0 unspecified atom stereocenters. The van der Waals surface area contributed by atoms with Crippen LogP contribution in [0.2, 0.25) is 0 Å². The van der Waals surface area contributed by atoms with Crippen molar-refractivity contribution in [1.29, 1.82) is 0 Å². The van der Waals surface area contributed by atoms with Crippen molar-refractivity contribution in [3.8, 4) is 0 Å². The normalized spacial score (nSPS) is 10.5. The van der Waals surface area contributed by atoms with Gasteiger partial charge in [-0.2, -0.15) is 0 Å². The van der Waals surface area contributed by atoms with Gasteiger partial charge in [0.15, 0.2) is 0 Å². The number of hydrogen-bond acceptors (Lipinski definition) is 4. The highest BCUT2D eigenvalue weighted by atomic mass is 16.5. The number of fused-ring (bicyclic) bond motifs is 1. The van der Waals surface area contributed by atoms with Crippen molar-refractivity contribution in [3.05, 3.63) is 65.4 Å². The van der Waals surface area contributed by atoms with Gasteiger partial charge >= 0.3 is 5.97 Å². The zero-order chi connectivity index (χ0) is 20.1. The molecule has 2 amide bonds. The van der Waals surface area contributed by atoms with E-state index in [9.17, 15) is 14.4 Å². The van der Waals surface area contributed by atoms with Crippen LogP contribution in [0.15, 0.2) is 48.5 Å². The Balaban J connectivity index is 1.62. The van der Waals surface area contributed by atoms with E-state index in [4.69, 9.17) is 0 Å². The van der Waals surface area contributed by atoms with E-state index in [1.54, 1.807) is 24.3 Å². The number of hydrogen-bond donors (Lipinski definition) is 3. The summed E-state index contributed by atoms with van der Waals surface area (Å²) >= 11 is 0. The van der Waals surface area contributed by atoms with Crippen LogP contribution in [0.3, 0.4) is 0 Å². The van der Waals surface area contributed by atoms with Crippen molar-refractivity contribution in [2.24, 2.45) is 0 Å². The molecule has 3 N–H and O–H groups in total. The van der Waals surface area contributed by atoms with Gasteiger partial charge in [0.1, 0.15) is 6.54 Å². The molecule has 1 aromatic heterocycles. The van der Waals surface area contributed by atoms with E-state index in [0.29, 0.717) is 11.3 Å². The van der Waals surface area contributed by atoms with Crippen LogP contribution < -0.4 is 10.6 Å². The van der Waals surface area contributed by atoms with E-state index in [1.807, 2.05) is 31.2 Å². The van der Waals surface area contributed by atoms with E-state index in [2.05, 4.69) is 20.4 Å². The lowest BCUT2D eigenvalue weighted by Crippen LogP contribution is -2.30. The predicted octanol–water partition coefficient (Wildman–Crippen LogP) is 2.56. The van der Waals surface area contributed by atoms with Gasteiger partial charge in [0.2, 0.25) is 5.91 Å². The molecular formula is C21H21N3O4. The Hall–Kier alpha value is -3.61. The average Bonchev–Trinajstić information content (AvgIpc) is 3.01. The molecule has 0 atom stereocenters. The first-order valence-electron chi connectivity index (χ1n) is 8.79. The van der Waals surface area contributed by atoms with Crippen LogP contribution in [-0.2, 0) is 20.7 Å². The number of carbonyl (C=O) groups excluding carboxylic acids is 3. The summed E-state index contributed by atoms with van der Waals surface area (Å²) in [6, 6.07) is 14.3. The Labute approximate surface area is 162 Å². The lowest BCUT2D eigenvalue weighted by Gasteiger charge is -2.08. The second kappa shape index (κ2) is 8.39. The molecule has 0 aliphatic rings. The summed E-state index contributed by atoms with van der Waals surface area (Å²) in [5.41, 5.74) is 3.91. The third-order valence-corrected chi connectivity index (χ3v) is 4.42. The number of aromatic amines is 1. The summed E-state index contributed by atoms with van der Waals surface area (Å²) < 4.78 is 4.47. The van der Waals surface area contributed by atoms with Crippen LogP contribution in [0.5, 0.6) is 0 Å². The second-order valence-corrected chi connectivity index (χ2v) is 6.34. The van der Waals surface area contributed by atoms with E-state index in [1.165, 1.54) is 7.11 Å². The van der Waals surface area contributed by atoms with Crippen LogP contribution in [0, 0.1) is 6.92 Å². The molecule has 0 spiro atoms. The van der Waals surface area contributed by atoms with Gasteiger partial charge in [-0.3, -0.25) is 14.4 Å². The highest BCUT2D eigenvalue weighted by molar-refractivity contribution is 5.98. The Kier molecular flexibility index (Phi) is 5.74. The van der Waals surface area contributed by atoms with Gasteiger partial charge in [0.25, 0.3) is 5.91 Å². The lowest BCUT2D eigenvalue weighted by atomic mass is 10.1. The molecule has 0 saturated carbocycles. The van der Waals surface area contributed by atoms with Gasteiger partial charge in [0.05, 0.1) is 13.5 Å².